The Morgan fingerprint density at radius 1 is 1.19 bits per heavy atom. The van der Waals surface area contributed by atoms with Crippen molar-refractivity contribution in [3.05, 3.63) is 34.3 Å². The second-order valence-electron chi connectivity index (χ2n) is 5.91. The largest absolute Gasteiger partial charge is 0.352 e. The van der Waals surface area contributed by atoms with Crippen LogP contribution in [-0.4, -0.2) is 18.5 Å². The van der Waals surface area contributed by atoms with Gasteiger partial charge in [0.25, 0.3) is 0 Å². The molecule has 1 aromatic carbocycles. The zero-order chi connectivity index (χ0) is 15.1. The smallest absolute Gasteiger partial charge is 0.234 e. The van der Waals surface area contributed by atoms with Crippen molar-refractivity contribution >= 4 is 21.8 Å². The van der Waals surface area contributed by atoms with Gasteiger partial charge in [0.2, 0.25) is 5.91 Å². The van der Waals surface area contributed by atoms with Gasteiger partial charge in [0.05, 0.1) is 6.54 Å². The quantitative estimate of drug-likeness (QED) is 0.788. The number of amides is 1. The molecule has 0 bridgehead atoms. The predicted octanol–water partition coefficient (Wildman–Crippen LogP) is 3.94. The van der Waals surface area contributed by atoms with E-state index < -0.39 is 0 Å². The fraction of sp³-hybridized carbons (Fsp3) is 0.588. The summed E-state index contributed by atoms with van der Waals surface area (Å²) in [5.41, 5.74) is 1.19. The van der Waals surface area contributed by atoms with E-state index in [1.54, 1.807) is 0 Å². The van der Waals surface area contributed by atoms with Gasteiger partial charge in [-0.1, -0.05) is 53.7 Å². The van der Waals surface area contributed by atoms with Crippen molar-refractivity contribution in [2.24, 2.45) is 0 Å². The van der Waals surface area contributed by atoms with E-state index in [4.69, 9.17) is 0 Å². The van der Waals surface area contributed by atoms with Crippen molar-refractivity contribution in [1.82, 2.24) is 10.6 Å². The monoisotopic (exact) mass is 352 g/mol. The van der Waals surface area contributed by atoms with Crippen molar-refractivity contribution in [1.29, 1.82) is 0 Å². The molecule has 0 saturated heterocycles. The zero-order valence-corrected chi connectivity index (χ0v) is 14.3. The van der Waals surface area contributed by atoms with Crippen LogP contribution in [-0.2, 0) is 4.79 Å². The second kappa shape index (κ2) is 8.54. The summed E-state index contributed by atoms with van der Waals surface area (Å²) in [5, 5.41) is 6.46. The first kappa shape index (κ1) is 16.5. The molecule has 1 aliphatic carbocycles. The van der Waals surface area contributed by atoms with Gasteiger partial charge < -0.3 is 10.6 Å². The summed E-state index contributed by atoms with van der Waals surface area (Å²) < 4.78 is 1.07. The van der Waals surface area contributed by atoms with Gasteiger partial charge in [0, 0.05) is 16.6 Å². The highest BCUT2D eigenvalue weighted by molar-refractivity contribution is 9.10. The van der Waals surface area contributed by atoms with E-state index in [0.717, 1.165) is 17.3 Å². The summed E-state index contributed by atoms with van der Waals surface area (Å²) in [5.74, 6) is 0.117. The van der Waals surface area contributed by atoms with Gasteiger partial charge >= 0.3 is 0 Å². The van der Waals surface area contributed by atoms with Gasteiger partial charge in [0.1, 0.15) is 0 Å². The molecular weight excluding hydrogens is 328 g/mol. The maximum absolute atomic E-state index is 12.0. The fourth-order valence-corrected chi connectivity index (χ4v) is 3.08. The number of nitrogens with one attached hydrogen (secondary N) is 2. The van der Waals surface area contributed by atoms with Gasteiger partial charge in [-0.15, -0.1) is 0 Å². The Balaban J connectivity index is 1.73. The van der Waals surface area contributed by atoms with E-state index in [1.807, 2.05) is 12.1 Å². The summed E-state index contributed by atoms with van der Waals surface area (Å²) in [4.78, 5) is 12.0. The lowest BCUT2D eigenvalue weighted by atomic mass is 10.1. The molecule has 1 saturated carbocycles. The molecule has 0 heterocycles. The molecule has 0 aliphatic heterocycles. The number of benzene rings is 1. The number of rotatable bonds is 5. The third-order valence-electron chi connectivity index (χ3n) is 4.16. The molecule has 21 heavy (non-hydrogen) atoms. The maximum atomic E-state index is 12.0. The topological polar surface area (TPSA) is 41.1 Å². The lowest BCUT2D eigenvalue weighted by Crippen LogP contribution is -2.40. The van der Waals surface area contributed by atoms with Crippen molar-refractivity contribution in [3.8, 4) is 0 Å². The van der Waals surface area contributed by atoms with Crippen molar-refractivity contribution in [2.75, 3.05) is 6.54 Å². The molecule has 2 N–H and O–H groups in total. The Bertz CT molecular complexity index is 439. The van der Waals surface area contributed by atoms with Crippen molar-refractivity contribution in [2.45, 2.75) is 57.5 Å². The molecule has 1 aromatic rings. The van der Waals surface area contributed by atoms with Crippen LogP contribution >= 0.6 is 15.9 Å². The van der Waals surface area contributed by atoms with E-state index in [9.17, 15) is 4.79 Å². The average molecular weight is 353 g/mol. The molecule has 0 spiro atoms. The van der Waals surface area contributed by atoms with Gasteiger partial charge in [-0.05, 0) is 37.5 Å². The first-order valence-electron chi connectivity index (χ1n) is 7.93. The molecule has 4 heteroatoms. The molecule has 0 unspecified atom stereocenters. The van der Waals surface area contributed by atoms with E-state index in [-0.39, 0.29) is 11.9 Å². The molecule has 2 rings (SSSR count). The minimum absolute atomic E-state index is 0.117. The fourth-order valence-electron chi connectivity index (χ4n) is 2.82. The second-order valence-corrected chi connectivity index (χ2v) is 6.83. The highest BCUT2D eigenvalue weighted by Crippen LogP contribution is 2.18. The van der Waals surface area contributed by atoms with Crippen LogP contribution in [0.25, 0.3) is 0 Å². The lowest BCUT2D eigenvalue weighted by molar-refractivity contribution is -0.121. The molecule has 1 amide bonds. The Kier molecular flexibility index (Phi) is 6.71. The normalized spacial score (nSPS) is 18.0. The van der Waals surface area contributed by atoms with Gasteiger partial charge in [0.15, 0.2) is 0 Å². The molecule has 0 aromatic heterocycles. The van der Waals surface area contributed by atoms with Crippen molar-refractivity contribution < 1.29 is 4.79 Å². The van der Waals surface area contributed by atoms with Crippen LogP contribution < -0.4 is 10.6 Å². The van der Waals surface area contributed by atoms with E-state index in [0.29, 0.717) is 12.6 Å². The van der Waals surface area contributed by atoms with Gasteiger partial charge in [-0.3, -0.25) is 4.79 Å². The third kappa shape index (κ3) is 5.79. The summed E-state index contributed by atoms with van der Waals surface area (Å²) >= 11 is 3.43. The standard InChI is InChI=1S/C17H25BrN2O/c1-13(14-8-10-15(18)11-9-14)19-12-17(21)20-16-6-4-2-3-5-7-16/h8-11,13,16,19H,2-7,12H2,1H3,(H,20,21)/t13-/m1/s1. The summed E-state index contributed by atoms with van der Waals surface area (Å²) in [6.45, 7) is 2.47. The van der Waals surface area contributed by atoms with Crippen LogP contribution in [0.2, 0.25) is 0 Å². The lowest BCUT2D eigenvalue weighted by Gasteiger charge is -2.18. The minimum atomic E-state index is 0.117. The SMILES string of the molecule is C[C@@H](NCC(=O)NC1CCCCCC1)c1ccc(Br)cc1. The summed E-state index contributed by atoms with van der Waals surface area (Å²) in [7, 11) is 0. The first-order chi connectivity index (χ1) is 10.1. The average Bonchev–Trinajstić information content (AvgIpc) is 2.74. The highest BCUT2D eigenvalue weighted by Gasteiger charge is 2.15. The summed E-state index contributed by atoms with van der Waals surface area (Å²) in [6, 6.07) is 8.76. The highest BCUT2D eigenvalue weighted by atomic mass is 79.9. The van der Waals surface area contributed by atoms with Crippen LogP contribution in [0.1, 0.15) is 57.1 Å². The molecule has 1 aliphatic rings. The van der Waals surface area contributed by atoms with Crippen LogP contribution in [0.15, 0.2) is 28.7 Å². The number of hydrogen-bond donors (Lipinski definition) is 2. The number of carbonyl (C=O) groups is 1. The van der Waals surface area contributed by atoms with Crippen LogP contribution in [0, 0.1) is 0 Å². The first-order valence-corrected chi connectivity index (χ1v) is 8.72. The van der Waals surface area contributed by atoms with E-state index in [1.165, 1.54) is 31.2 Å². The van der Waals surface area contributed by atoms with Gasteiger partial charge in [-0.2, -0.15) is 0 Å². The Labute approximate surface area is 136 Å². The minimum Gasteiger partial charge on any atom is -0.352 e. The zero-order valence-electron chi connectivity index (χ0n) is 12.7. The van der Waals surface area contributed by atoms with E-state index >= 15 is 0 Å². The molecule has 116 valence electrons. The molecule has 3 nitrogen and oxygen atoms in total. The van der Waals surface area contributed by atoms with Gasteiger partial charge in [-0.25, -0.2) is 0 Å². The Hall–Kier alpha value is -0.870. The number of carbonyl (C=O) groups excluding carboxylic acids is 1. The molecule has 1 fully saturated rings. The molecular formula is C17H25BrN2O. The molecule has 1 atom stereocenters. The maximum Gasteiger partial charge on any atom is 0.234 e. The molecule has 0 radical (unpaired) electrons. The van der Waals surface area contributed by atoms with E-state index in [2.05, 4.69) is 45.6 Å². The van der Waals surface area contributed by atoms with Crippen LogP contribution in [0.5, 0.6) is 0 Å². The van der Waals surface area contributed by atoms with Crippen molar-refractivity contribution in [3.63, 3.8) is 0 Å². The van der Waals surface area contributed by atoms with Crippen LogP contribution in [0.4, 0.5) is 0 Å². The Morgan fingerprint density at radius 2 is 1.81 bits per heavy atom. The number of hydrogen-bond acceptors (Lipinski definition) is 2. The third-order valence-corrected chi connectivity index (χ3v) is 4.69. The van der Waals surface area contributed by atoms with Crippen LogP contribution in [0.3, 0.4) is 0 Å². The summed E-state index contributed by atoms with van der Waals surface area (Å²) in [6.07, 6.45) is 7.37. The number of halogens is 1. The Morgan fingerprint density at radius 3 is 2.43 bits per heavy atom. The predicted molar refractivity (Wildman–Crippen MR) is 90.2 cm³/mol.